The molecular weight excluding hydrogens is 258 g/mol. The number of amides is 1. The van der Waals surface area contributed by atoms with Crippen LogP contribution in [0.1, 0.15) is 41.0 Å². The van der Waals surface area contributed by atoms with E-state index in [9.17, 15) is 9.59 Å². The van der Waals surface area contributed by atoms with Crippen LogP contribution >= 0.6 is 0 Å². The van der Waals surface area contributed by atoms with E-state index in [-0.39, 0.29) is 18.0 Å². The number of hydrogen-bond donors (Lipinski definition) is 0. The summed E-state index contributed by atoms with van der Waals surface area (Å²) in [5, 5.41) is 0. The van der Waals surface area contributed by atoms with Crippen LogP contribution in [-0.4, -0.2) is 42.3 Å². The van der Waals surface area contributed by atoms with Crippen LogP contribution in [0.25, 0.3) is 0 Å². The predicted molar refractivity (Wildman–Crippen MR) is 76.3 cm³/mol. The lowest BCUT2D eigenvalue weighted by molar-refractivity contribution is -0.137. The highest BCUT2D eigenvalue weighted by atomic mass is 16.6. The molecule has 0 spiro atoms. The van der Waals surface area contributed by atoms with Crippen LogP contribution in [0.2, 0.25) is 0 Å². The van der Waals surface area contributed by atoms with Gasteiger partial charge in [0, 0.05) is 19.2 Å². The van der Waals surface area contributed by atoms with Gasteiger partial charge in [-0.1, -0.05) is 12.5 Å². The minimum Gasteiger partial charge on any atom is -0.463 e. The fourth-order valence-electron chi connectivity index (χ4n) is 2.09. The highest BCUT2D eigenvalue weighted by molar-refractivity contribution is 5.83. The lowest BCUT2D eigenvalue weighted by atomic mass is 9.93. The van der Waals surface area contributed by atoms with E-state index in [4.69, 9.17) is 9.47 Å². The first-order valence-corrected chi connectivity index (χ1v) is 7.08. The second kappa shape index (κ2) is 6.77. The van der Waals surface area contributed by atoms with Gasteiger partial charge in [0.05, 0.1) is 6.61 Å². The summed E-state index contributed by atoms with van der Waals surface area (Å²) in [5.41, 5.74) is 0.546. The van der Waals surface area contributed by atoms with Gasteiger partial charge in [-0.2, -0.15) is 0 Å². The van der Waals surface area contributed by atoms with Gasteiger partial charge in [-0.05, 0) is 40.0 Å². The van der Waals surface area contributed by atoms with Crippen LogP contribution < -0.4 is 0 Å². The van der Waals surface area contributed by atoms with Gasteiger partial charge in [0.2, 0.25) is 0 Å². The summed E-state index contributed by atoms with van der Waals surface area (Å²) in [6, 6.07) is 0. The number of ether oxygens (including phenoxy) is 2. The number of nitrogens with zero attached hydrogens (tertiary/aromatic N) is 1. The Morgan fingerprint density at radius 2 is 2.05 bits per heavy atom. The molecule has 1 saturated heterocycles. The molecule has 0 saturated carbocycles. The molecule has 1 rings (SSSR count). The summed E-state index contributed by atoms with van der Waals surface area (Å²) in [6.45, 7) is 10.9. The third-order valence-corrected chi connectivity index (χ3v) is 3.04. The molecule has 1 atom stereocenters. The Morgan fingerprint density at radius 1 is 1.40 bits per heavy atom. The van der Waals surface area contributed by atoms with Crippen molar-refractivity contribution in [1.82, 2.24) is 4.90 Å². The van der Waals surface area contributed by atoms with Gasteiger partial charge in [-0.25, -0.2) is 9.59 Å². The van der Waals surface area contributed by atoms with Crippen LogP contribution in [0.4, 0.5) is 4.79 Å². The number of piperidine rings is 1. The second-order valence-electron chi connectivity index (χ2n) is 6.05. The van der Waals surface area contributed by atoms with Crippen LogP contribution in [0.3, 0.4) is 0 Å². The van der Waals surface area contributed by atoms with Crippen LogP contribution in [0, 0.1) is 5.92 Å². The third-order valence-electron chi connectivity index (χ3n) is 3.04. The zero-order valence-electron chi connectivity index (χ0n) is 13.1. The minimum atomic E-state index is -0.485. The van der Waals surface area contributed by atoms with E-state index in [1.165, 1.54) is 0 Å². The zero-order valence-corrected chi connectivity index (χ0v) is 13.1. The molecule has 0 bridgehead atoms. The lowest BCUT2D eigenvalue weighted by Crippen LogP contribution is -2.43. The Labute approximate surface area is 120 Å². The van der Waals surface area contributed by atoms with Crippen LogP contribution in [-0.2, 0) is 14.3 Å². The summed E-state index contributed by atoms with van der Waals surface area (Å²) in [5.74, 6) is -0.166. The fraction of sp³-hybridized carbons (Fsp3) is 0.733. The van der Waals surface area contributed by atoms with Crippen molar-refractivity contribution in [3.05, 3.63) is 11.6 Å². The molecule has 0 aliphatic carbocycles. The van der Waals surface area contributed by atoms with Gasteiger partial charge in [-0.15, -0.1) is 0 Å². The van der Waals surface area contributed by atoms with Crippen molar-refractivity contribution in [2.24, 2.45) is 5.92 Å². The minimum absolute atomic E-state index is 0.140. The lowest BCUT2D eigenvalue weighted by Gasteiger charge is -2.34. The molecule has 0 aromatic heterocycles. The molecule has 20 heavy (non-hydrogen) atoms. The largest absolute Gasteiger partial charge is 0.463 e. The van der Waals surface area contributed by atoms with Gasteiger partial charge < -0.3 is 14.4 Å². The van der Waals surface area contributed by atoms with Gasteiger partial charge in [0.1, 0.15) is 5.60 Å². The molecule has 1 amide bonds. The van der Waals surface area contributed by atoms with E-state index in [0.717, 1.165) is 5.57 Å². The molecular formula is C15H25NO4. The fourth-order valence-corrected chi connectivity index (χ4v) is 2.09. The number of carbonyl (C=O) groups excluding carboxylic acids is 2. The van der Waals surface area contributed by atoms with E-state index in [0.29, 0.717) is 26.1 Å². The normalized spacial score (nSPS) is 21.8. The van der Waals surface area contributed by atoms with E-state index in [2.05, 4.69) is 0 Å². The number of likely N-dealkylation sites (tertiary alicyclic amines) is 1. The summed E-state index contributed by atoms with van der Waals surface area (Å²) in [7, 11) is 0. The predicted octanol–water partition coefficient (Wildman–Crippen LogP) is 2.75. The maximum Gasteiger partial charge on any atom is 0.410 e. The third kappa shape index (κ3) is 5.23. The standard InChI is InChI=1S/C15H25NO4/c1-6-19-13(17)9-12-7-8-16(10-11(12)2)14(18)20-15(3,4)5/h9,11H,6-8,10H2,1-5H3/b12-9+. The number of hydrogen-bond acceptors (Lipinski definition) is 4. The molecule has 1 fully saturated rings. The van der Waals surface area contributed by atoms with Crippen LogP contribution in [0.15, 0.2) is 11.6 Å². The van der Waals surface area contributed by atoms with Gasteiger partial charge in [0.25, 0.3) is 0 Å². The zero-order chi connectivity index (χ0) is 15.3. The molecule has 0 radical (unpaired) electrons. The van der Waals surface area contributed by atoms with Crippen molar-refractivity contribution in [3.8, 4) is 0 Å². The van der Waals surface area contributed by atoms with Crippen LogP contribution in [0.5, 0.6) is 0 Å². The highest BCUT2D eigenvalue weighted by Crippen LogP contribution is 2.24. The molecule has 0 aromatic carbocycles. The van der Waals surface area contributed by atoms with E-state index < -0.39 is 5.60 Å². The van der Waals surface area contributed by atoms with Crippen molar-refractivity contribution in [1.29, 1.82) is 0 Å². The average Bonchev–Trinajstić information content (AvgIpc) is 2.29. The molecule has 1 heterocycles. The summed E-state index contributed by atoms with van der Waals surface area (Å²) >= 11 is 0. The average molecular weight is 283 g/mol. The first kappa shape index (κ1) is 16.5. The Balaban J connectivity index is 2.59. The van der Waals surface area contributed by atoms with E-state index >= 15 is 0 Å². The van der Waals surface area contributed by atoms with Crippen molar-refractivity contribution >= 4 is 12.1 Å². The quantitative estimate of drug-likeness (QED) is 0.577. The molecule has 5 nitrogen and oxygen atoms in total. The highest BCUT2D eigenvalue weighted by Gasteiger charge is 2.28. The van der Waals surface area contributed by atoms with Crippen molar-refractivity contribution < 1.29 is 19.1 Å². The maximum atomic E-state index is 12.0. The first-order chi connectivity index (χ1) is 9.23. The number of esters is 1. The summed E-state index contributed by atoms with van der Waals surface area (Å²) < 4.78 is 10.3. The molecule has 1 aliphatic rings. The summed E-state index contributed by atoms with van der Waals surface area (Å²) in [4.78, 5) is 25.1. The number of rotatable bonds is 2. The Bertz CT molecular complexity index is 395. The molecule has 114 valence electrons. The second-order valence-corrected chi connectivity index (χ2v) is 6.05. The van der Waals surface area contributed by atoms with Crippen molar-refractivity contribution in [2.45, 2.75) is 46.6 Å². The monoisotopic (exact) mass is 283 g/mol. The van der Waals surface area contributed by atoms with Crippen molar-refractivity contribution in [3.63, 3.8) is 0 Å². The molecule has 0 aromatic rings. The SMILES string of the molecule is CCOC(=O)/C=C1\CCN(C(=O)OC(C)(C)C)CC1C. The molecule has 0 N–H and O–H groups in total. The molecule has 5 heteroatoms. The molecule has 1 aliphatic heterocycles. The van der Waals surface area contributed by atoms with E-state index in [1.807, 2.05) is 27.7 Å². The van der Waals surface area contributed by atoms with Gasteiger partial charge in [-0.3, -0.25) is 0 Å². The van der Waals surface area contributed by atoms with Gasteiger partial charge >= 0.3 is 12.1 Å². The topological polar surface area (TPSA) is 55.8 Å². The Kier molecular flexibility index (Phi) is 5.60. The molecule has 1 unspecified atom stereocenters. The first-order valence-electron chi connectivity index (χ1n) is 7.08. The van der Waals surface area contributed by atoms with Crippen molar-refractivity contribution in [2.75, 3.05) is 19.7 Å². The maximum absolute atomic E-state index is 12.0. The van der Waals surface area contributed by atoms with E-state index in [1.54, 1.807) is 17.9 Å². The Morgan fingerprint density at radius 3 is 2.55 bits per heavy atom. The summed E-state index contributed by atoms with van der Waals surface area (Å²) in [6.07, 6.45) is 1.94. The smallest absolute Gasteiger partial charge is 0.410 e. The Hall–Kier alpha value is -1.52. The van der Waals surface area contributed by atoms with Gasteiger partial charge in [0.15, 0.2) is 0 Å². The number of carbonyl (C=O) groups is 2.